The molecule has 0 fully saturated rings. The normalized spacial score (nSPS) is 19.3. The van der Waals surface area contributed by atoms with Crippen molar-refractivity contribution < 1.29 is 31.1 Å². The zero-order chi connectivity index (χ0) is 21.1. The van der Waals surface area contributed by atoms with Crippen molar-refractivity contribution in [1.82, 2.24) is 4.72 Å². The maximum absolute atomic E-state index is 12.6. The third-order valence-electron chi connectivity index (χ3n) is 3.88. The molecule has 2 aromatic carbocycles. The summed E-state index contributed by atoms with van der Waals surface area (Å²) < 4.78 is 73.8. The highest BCUT2D eigenvalue weighted by molar-refractivity contribution is 7.90. The lowest BCUT2D eigenvalue weighted by atomic mass is 10.1. The van der Waals surface area contributed by atoms with Crippen LogP contribution in [0.4, 0.5) is 18.9 Å². The zero-order valence-electron chi connectivity index (χ0n) is 14.9. The predicted octanol–water partition coefficient (Wildman–Crippen LogP) is 3.71. The molecule has 10 heteroatoms. The largest absolute Gasteiger partial charge is 0.516 e. The average Bonchev–Trinajstić information content (AvgIpc) is 2.65. The summed E-state index contributed by atoms with van der Waals surface area (Å²) in [6.07, 6.45) is 3.71. The van der Waals surface area contributed by atoms with Crippen LogP contribution in [0.5, 0.6) is 11.5 Å². The molecule has 1 aliphatic rings. The summed E-state index contributed by atoms with van der Waals surface area (Å²) in [5.74, 6) is -0.530. The number of hydrogen-bond donors (Lipinski definition) is 2. The number of nitrogens with one attached hydrogen (secondary N) is 1. The van der Waals surface area contributed by atoms with E-state index in [9.17, 15) is 21.6 Å². The van der Waals surface area contributed by atoms with Gasteiger partial charge in [0.25, 0.3) is 5.79 Å². The molecule has 0 spiro atoms. The van der Waals surface area contributed by atoms with Gasteiger partial charge >= 0.3 is 15.5 Å². The lowest BCUT2D eigenvalue weighted by Gasteiger charge is -2.33. The first-order chi connectivity index (χ1) is 13.6. The van der Waals surface area contributed by atoms with Gasteiger partial charge in [0, 0.05) is 23.9 Å². The summed E-state index contributed by atoms with van der Waals surface area (Å²) >= 11 is 0. The number of sulfonamides is 1. The van der Waals surface area contributed by atoms with Crippen molar-refractivity contribution in [3.63, 3.8) is 0 Å². The molecule has 0 heterocycles. The number of rotatable bonds is 6. The van der Waals surface area contributed by atoms with Gasteiger partial charge in [-0.1, -0.05) is 24.3 Å². The minimum absolute atomic E-state index is 0.0571. The van der Waals surface area contributed by atoms with Crippen molar-refractivity contribution in [2.45, 2.75) is 17.7 Å². The fraction of sp³-hybridized carbons (Fsp3) is 0.158. The van der Waals surface area contributed by atoms with Crippen molar-refractivity contribution >= 4 is 15.7 Å². The summed E-state index contributed by atoms with van der Waals surface area (Å²) in [7, 11) is -5.52. The van der Waals surface area contributed by atoms with E-state index in [0.717, 1.165) is 6.08 Å². The topological polar surface area (TPSA) is 90.7 Å². The van der Waals surface area contributed by atoms with E-state index in [1.54, 1.807) is 54.6 Å². The van der Waals surface area contributed by atoms with Gasteiger partial charge in [0.05, 0.1) is 0 Å². The summed E-state index contributed by atoms with van der Waals surface area (Å²) in [4.78, 5) is 0. The van der Waals surface area contributed by atoms with Crippen LogP contribution < -0.4 is 19.9 Å². The predicted molar refractivity (Wildman–Crippen MR) is 101 cm³/mol. The Kier molecular flexibility index (Phi) is 5.47. The number of halogens is 3. The Balaban J connectivity index is 1.85. The molecule has 29 heavy (non-hydrogen) atoms. The van der Waals surface area contributed by atoms with Gasteiger partial charge in [-0.05, 0) is 42.5 Å². The molecule has 1 atom stereocenters. The molecule has 3 N–H and O–H groups in total. The molecule has 1 aliphatic carbocycles. The van der Waals surface area contributed by atoms with E-state index in [-0.39, 0.29) is 12.1 Å². The molecule has 0 saturated heterocycles. The molecule has 6 nitrogen and oxygen atoms in total. The number of hydrogen-bond acceptors (Lipinski definition) is 5. The highest BCUT2D eigenvalue weighted by Crippen LogP contribution is 2.31. The SMILES string of the molecule is Nc1ccc(OC2(Oc3ccccc3)C=CC(NS(=O)(=O)C(F)(F)F)=CC2)cc1. The lowest BCUT2D eigenvalue weighted by molar-refractivity contribution is -0.0691. The van der Waals surface area contributed by atoms with Gasteiger partial charge < -0.3 is 15.2 Å². The van der Waals surface area contributed by atoms with Gasteiger partial charge in [0.15, 0.2) is 0 Å². The number of alkyl halides is 3. The Morgan fingerprint density at radius 2 is 1.55 bits per heavy atom. The third-order valence-corrected chi connectivity index (χ3v) is 5.00. The molecule has 0 bridgehead atoms. The fourth-order valence-corrected chi connectivity index (χ4v) is 3.07. The molecule has 2 aromatic rings. The standard InChI is InChI=1S/C19H17F3N2O4S/c20-19(21,22)29(25,26)24-15-10-12-18(13-11-15,27-16-4-2-1-3-5-16)28-17-8-6-14(23)7-9-17/h1-12,24H,13,23H2. The first-order valence-electron chi connectivity index (χ1n) is 8.36. The van der Waals surface area contributed by atoms with Crippen LogP contribution in [0.3, 0.4) is 0 Å². The quantitative estimate of drug-likeness (QED) is 0.543. The number of benzene rings is 2. The van der Waals surface area contributed by atoms with E-state index >= 15 is 0 Å². The monoisotopic (exact) mass is 426 g/mol. The highest BCUT2D eigenvalue weighted by Gasteiger charge is 2.46. The molecule has 0 saturated carbocycles. The summed E-state index contributed by atoms with van der Waals surface area (Å²) in [6.45, 7) is 0. The minimum atomic E-state index is -5.52. The fourth-order valence-electron chi connectivity index (χ4n) is 2.49. The molecular formula is C19H17F3N2O4S. The van der Waals surface area contributed by atoms with Crippen LogP contribution >= 0.6 is 0 Å². The Morgan fingerprint density at radius 3 is 2.07 bits per heavy atom. The highest BCUT2D eigenvalue weighted by atomic mass is 32.2. The van der Waals surface area contributed by atoms with Gasteiger partial charge in [-0.25, -0.2) is 0 Å². The first-order valence-corrected chi connectivity index (χ1v) is 9.84. The van der Waals surface area contributed by atoms with Crippen molar-refractivity contribution in [3.05, 3.63) is 78.5 Å². The summed E-state index contributed by atoms with van der Waals surface area (Å²) in [5, 5.41) is 0. The van der Waals surface area contributed by atoms with Crippen LogP contribution in [0.1, 0.15) is 6.42 Å². The van der Waals surface area contributed by atoms with Crippen LogP contribution in [0.2, 0.25) is 0 Å². The molecule has 1 unspecified atom stereocenters. The molecule has 154 valence electrons. The van der Waals surface area contributed by atoms with Gasteiger partial charge in [0.2, 0.25) is 0 Å². The Morgan fingerprint density at radius 1 is 0.966 bits per heavy atom. The van der Waals surface area contributed by atoms with E-state index in [1.165, 1.54) is 16.9 Å². The minimum Gasteiger partial charge on any atom is -0.448 e. The van der Waals surface area contributed by atoms with Gasteiger partial charge in [-0.15, -0.1) is 0 Å². The molecule has 0 aromatic heterocycles. The summed E-state index contributed by atoms with van der Waals surface area (Å²) in [6, 6.07) is 15.1. The van der Waals surface area contributed by atoms with E-state index in [1.807, 2.05) is 0 Å². The number of nitrogens with two attached hydrogens (primary N) is 1. The second kappa shape index (κ2) is 7.70. The van der Waals surface area contributed by atoms with Crippen molar-refractivity contribution in [1.29, 1.82) is 0 Å². The Bertz CT molecular complexity index is 1020. The van der Waals surface area contributed by atoms with Gasteiger partial charge in [-0.3, -0.25) is 4.72 Å². The summed E-state index contributed by atoms with van der Waals surface area (Å²) in [5.41, 5.74) is 0.528. The second-order valence-corrected chi connectivity index (χ2v) is 7.82. The van der Waals surface area contributed by atoms with Crippen LogP contribution in [0, 0.1) is 0 Å². The van der Waals surface area contributed by atoms with Crippen LogP contribution in [-0.2, 0) is 10.0 Å². The molecule has 0 radical (unpaired) electrons. The maximum atomic E-state index is 12.6. The first kappa shape index (κ1) is 20.6. The van der Waals surface area contributed by atoms with Crippen molar-refractivity contribution in [2.24, 2.45) is 0 Å². The third kappa shape index (κ3) is 5.02. The van der Waals surface area contributed by atoms with E-state index in [2.05, 4.69) is 0 Å². The van der Waals surface area contributed by atoms with Gasteiger partial charge in [-0.2, -0.15) is 21.6 Å². The second-order valence-electron chi connectivity index (χ2n) is 6.15. The molecular weight excluding hydrogens is 409 g/mol. The van der Waals surface area contributed by atoms with Crippen LogP contribution in [0.15, 0.2) is 78.5 Å². The van der Waals surface area contributed by atoms with E-state index < -0.39 is 21.3 Å². The molecule has 3 rings (SSSR count). The maximum Gasteiger partial charge on any atom is 0.516 e. The van der Waals surface area contributed by atoms with Crippen molar-refractivity contribution in [2.75, 3.05) is 5.73 Å². The van der Waals surface area contributed by atoms with Gasteiger partial charge in [0.1, 0.15) is 11.5 Å². The van der Waals surface area contributed by atoms with Crippen LogP contribution in [0.25, 0.3) is 0 Å². The number of anilines is 1. The number of allylic oxidation sites excluding steroid dienone is 1. The number of nitrogen functional groups attached to an aromatic ring is 1. The zero-order valence-corrected chi connectivity index (χ0v) is 15.7. The van der Waals surface area contributed by atoms with Crippen molar-refractivity contribution in [3.8, 4) is 11.5 Å². The van der Waals surface area contributed by atoms with Crippen LogP contribution in [-0.4, -0.2) is 19.7 Å². The number of para-hydroxylation sites is 1. The molecule has 0 amide bonds. The average molecular weight is 426 g/mol. The lowest BCUT2D eigenvalue weighted by Crippen LogP contribution is -2.43. The van der Waals surface area contributed by atoms with E-state index in [0.29, 0.717) is 17.2 Å². The van der Waals surface area contributed by atoms with E-state index in [4.69, 9.17) is 15.2 Å². The number of ether oxygens (including phenoxy) is 2. The molecule has 0 aliphatic heterocycles. The smallest absolute Gasteiger partial charge is 0.448 e. The Hall–Kier alpha value is -3.14. The Labute approximate surface area is 165 Å².